The van der Waals surface area contributed by atoms with Crippen molar-refractivity contribution in [3.05, 3.63) is 96.7 Å². The minimum Gasteiger partial charge on any atom is -0.383 e. The summed E-state index contributed by atoms with van der Waals surface area (Å²) in [4.78, 5) is 21.8. The number of likely N-dealkylation sites (tertiary alicyclic amines) is 2. The number of nitrogen functional groups attached to an aromatic ring is 1. The molecule has 0 unspecified atom stereocenters. The number of rotatable bonds is 16. The Kier molecular flexibility index (Phi) is 12.5. The molecule has 1 atom stereocenters. The number of halogens is 3. The molecule has 0 spiro atoms. The van der Waals surface area contributed by atoms with Crippen LogP contribution in [-0.4, -0.2) is 108 Å². The maximum atomic E-state index is 14.8. The van der Waals surface area contributed by atoms with Crippen LogP contribution in [0.25, 0.3) is 22.6 Å². The lowest BCUT2D eigenvalue weighted by Gasteiger charge is -2.37. The average molecular weight is 761 g/mol. The Morgan fingerprint density at radius 1 is 0.836 bits per heavy atom. The van der Waals surface area contributed by atoms with E-state index in [2.05, 4.69) is 34.4 Å². The van der Waals surface area contributed by atoms with Gasteiger partial charge in [-0.1, -0.05) is 6.07 Å². The van der Waals surface area contributed by atoms with E-state index in [0.717, 1.165) is 81.4 Å². The lowest BCUT2D eigenvalue weighted by molar-refractivity contribution is -0.0397. The fourth-order valence-corrected chi connectivity index (χ4v) is 7.75. The average Bonchev–Trinajstić information content (AvgIpc) is 3.86. The van der Waals surface area contributed by atoms with E-state index in [1.807, 2.05) is 12.4 Å². The first-order chi connectivity index (χ1) is 26.7. The summed E-state index contributed by atoms with van der Waals surface area (Å²) in [5.41, 5.74) is 7.50. The number of hydrogen-bond donors (Lipinski definition) is 2. The Labute approximate surface area is 317 Å². The Hall–Kier alpha value is -4.74. The van der Waals surface area contributed by atoms with Crippen LogP contribution in [0.1, 0.15) is 43.7 Å². The standard InChI is InChI=1S/C39H47F3N10O3/c40-30-3-1-29(2-4-30)36-37(35-7-12-45-38(43)48-35)52(26-46-36)32-10-15-49(16-11-32)17-18-54-19-20-55-27-50-13-8-28(9-14-50)22-39(53,23-51-25-44-24-47-51)33-6-5-31(41)21-34(33)42/h1-7,12,21,24-26,28,32,53H,8-11,13-20,22-23,27H2,(H2,43,45,48)/t39-/m0/s1. The van der Waals surface area contributed by atoms with Gasteiger partial charge in [-0.15, -0.1) is 0 Å². The number of nitrogens with zero attached hydrogens (tertiary/aromatic N) is 9. The first-order valence-electron chi connectivity index (χ1n) is 18.8. The molecule has 3 N–H and O–H groups in total. The van der Waals surface area contributed by atoms with Crippen LogP contribution in [0.4, 0.5) is 19.1 Å². The number of aromatic nitrogens is 7. The number of anilines is 1. The maximum Gasteiger partial charge on any atom is 0.220 e. The molecule has 2 aromatic carbocycles. The normalized spacial score (nSPS) is 17.5. The number of nitrogens with two attached hydrogens (primary N) is 1. The van der Waals surface area contributed by atoms with Crippen molar-refractivity contribution in [2.45, 2.75) is 50.3 Å². The fraction of sp³-hybridized carbons (Fsp3) is 0.462. The first kappa shape index (κ1) is 38.5. The van der Waals surface area contributed by atoms with Gasteiger partial charge in [-0.05, 0) is 74.4 Å². The van der Waals surface area contributed by atoms with Crippen LogP contribution < -0.4 is 5.73 Å². The van der Waals surface area contributed by atoms with Crippen LogP contribution in [0, 0.1) is 23.4 Å². The van der Waals surface area contributed by atoms with E-state index in [1.165, 1.54) is 41.6 Å². The van der Waals surface area contributed by atoms with Crippen molar-refractivity contribution in [2.75, 3.05) is 65.0 Å². The van der Waals surface area contributed by atoms with E-state index in [4.69, 9.17) is 20.2 Å². The molecule has 2 saturated heterocycles. The number of aliphatic hydroxyl groups is 1. The van der Waals surface area contributed by atoms with Crippen molar-refractivity contribution in [3.63, 3.8) is 0 Å². The molecule has 13 nitrogen and oxygen atoms in total. The van der Waals surface area contributed by atoms with E-state index < -0.39 is 17.2 Å². The highest BCUT2D eigenvalue weighted by Gasteiger charge is 2.37. The molecule has 5 aromatic rings. The van der Waals surface area contributed by atoms with Gasteiger partial charge in [0, 0.05) is 62.2 Å². The van der Waals surface area contributed by atoms with Gasteiger partial charge >= 0.3 is 0 Å². The van der Waals surface area contributed by atoms with Gasteiger partial charge in [-0.3, -0.25) is 4.90 Å². The summed E-state index contributed by atoms with van der Waals surface area (Å²) < 4.78 is 57.7. The Morgan fingerprint density at radius 2 is 1.58 bits per heavy atom. The predicted octanol–water partition coefficient (Wildman–Crippen LogP) is 4.92. The molecular weight excluding hydrogens is 713 g/mol. The summed E-state index contributed by atoms with van der Waals surface area (Å²) in [5.74, 6) is -1.44. The summed E-state index contributed by atoms with van der Waals surface area (Å²) in [6.45, 7) is 6.31. The minimum atomic E-state index is -1.56. The molecule has 2 fully saturated rings. The number of ether oxygens (including phenoxy) is 2. The van der Waals surface area contributed by atoms with Crippen molar-refractivity contribution < 1.29 is 27.8 Å². The third kappa shape index (κ3) is 9.74. The largest absolute Gasteiger partial charge is 0.383 e. The number of imidazole rings is 1. The van der Waals surface area contributed by atoms with Crippen molar-refractivity contribution in [1.82, 2.24) is 44.1 Å². The third-order valence-corrected chi connectivity index (χ3v) is 10.6. The van der Waals surface area contributed by atoms with Crippen LogP contribution in [-0.2, 0) is 21.6 Å². The predicted molar refractivity (Wildman–Crippen MR) is 199 cm³/mol. The van der Waals surface area contributed by atoms with Crippen LogP contribution in [0.3, 0.4) is 0 Å². The summed E-state index contributed by atoms with van der Waals surface area (Å²) >= 11 is 0. The van der Waals surface area contributed by atoms with Gasteiger partial charge in [-0.2, -0.15) is 5.10 Å². The van der Waals surface area contributed by atoms with Crippen molar-refractivity contribution in [3.8, 4) is 22.6 Å². The molecule has 2 aliphatic heterocycles. The summed E-state index contributed by atoms with van der Waals surface area (Å²) in [6, 6.07) is 11.6. The summed E-state index contributed by atoms with van der Waals surface area (Å²) in [6.07, 6.45) is 10.1. The zero-order valence-corrected chi connectivity index (χ0v) is 30.7. The van der Waals surface area contributed by atoms with Gasteiger partial charge in [0.05, 0.1) is 56.5 Å². The first-order valence-corrected chi connectivity index (χ1v) is 18.8. The molecule has 16 heteroatoms. The molecule has 7 rings (SSSR count). The van der Waals surface area contributed by atoms with Gasteiger partial charge in [0.15, 0.2) is 0 Å². The van der Waals surface area contributed by atoms with Gasteiger partial charge in [0.2, 0.25) is 5.95 Å². The zero-order valence-electron chi connectivity index (χ0n) is 30.7. The molecule has 2 aliphatic rings. The maximum absolute atomic E-state index is 14.8. The second-order valence-electron chi connectivity index (χ2n) is 14.4. The van der Waals surface area contributed by atoms with Crippen LogP contribution in [0.5, 0.6) is 0 Å². The van der Waals surface area contributed by atoms with Gasteiger partial charge in [-0.25, -0.2) is 37.8 Å². The van der Waals surface area contributed by atoms with E-state index in [1.54, 1.807) is 18.3 Å². The lowest BCUT2D eigenvalue weighted by Crippen LogP contribution is -2.40. The molecule has 5 heterocycles. The number of hydrogen-bond acceptors (Lipinski definition) is 11. The van der Waals surface area contributed by atoms with Crippen molar-refractivity contribution >= 4 is 5.95 Å². The summed E-state index contributed by atoms with van der Waals surface area (Å²) in [5, 5.41) is 15.8. The van der Waals surface area contributed by atoms with E-state index in [0.29, 0.717) is 38.7 Å². The van der Waals surface area contributed by atoms with Gasteiger partial charge in [0.1, 0.15) is 35.7 Å². The SMILES string of the molecule is Nc1nccc(-c2c(-c3ccc(F)cc3)ncn2C2CCN(CCOCCOCN3CCC(C[C@](O)(Cn4cncn4)c4ccc(F)cc4F)CC3)CC2)n1. The summed E-state index contributed by atoms with van der Waals surface area (Å²) in [7, 11) is 0. The molecule has 0 amide bonds. The number of piperidine rings is 2. The van der Waals surface area contributed by atoms with Crippen molar-refractivity contribution in [1.29, 1.82) is 0 Å². The van der Waals surface area contributed by atoms with E-state index in [9.17, 15) is 18.3 Å². The highest BCUT2D eigenvalue weighted by atomic mass is 19.1. The van der Waals surface area contributed by atoms with Crippen LogP contribution in [0.2, 0.25) is 0 Å². The number of benzene rings is 2. The molecule has 0 saturated carbocycles. The van der Waals surface area contributed by atoms with Crippen LogP contribution in [0.15, 0.2) is 73.7 Å². The third-order valence-electron chi connectivity index (χ3n) is 10.6. The smallest absolute Gasteiger partial charge is 0.220 e. The fourth-order valence-electron chi connectivity index (χ4n) is 7.75. The zero-order chi connectivity index (χ0) is 38.2. The van der Waals surface area contributed by atoms with E-state index >= 15 is 0 Å². The van der Waals surface area contributed by atoms with Crippen molar-refractivity contribution in [2.24, 2.45) is 5.92 Å². The highest BCUT2D eigenvalue weighted by molar-refractivity contribution is 5.77. The van der Waals surface area contributed by atoms with Gasteiger partial charge < -0.3 is 29.8 Å². The molecule has 55 heavy (non-hydrogen) atoms. The second-order valence-corrected chi connectivity index (χ2v) is 14.4. The molecule has 0 bridgehead atoms. The quantitative estimate of drug-likeness (QED) is 0.132. The Balaban J connectivity index is 0.810. The Morgan fingerprint density at radius 3 is 2.31 bits per heavy atom. The second kappa shape index (κ2) is 17.8. The highest BCUT2D eigenvalue weighted by Crippen LogP contribution is 2.37. The molecular formula is C39H47F3N10O3. The van der Waals surface area contributed by atoms with Crippen LogP contribution >= 0.6 is 0 Å². The minimum absolute atomic E-state index is 0.0193. The van der Waals surface area contributed by atoms with Gasteiger partial charge in [0.25, 0.3) is 0 Å². The Bertz CT molecular complexity index is 1970. The lowest BCUT2D eigenvalue weighted by atomic mass is 9.80. The monoisotopic (exact) mass is 760 g/mol. The molecule has 3 aromatic heterocycles. The topological polar surface area (TPSA) is 146 Å². The molecule has 292 valence electrons. The van der Waals surface area contributed by atoms with E-state index in [-0.39, 0.29) is 35.8 Å². The molecule has 0 radical (unpaired) electrons. The molecule has 0 aliphatic carbocycles.